The van der Waals surface area contributed by atoms with Gasteiger partial charge in [0.05, 0.1) is 4.90 Å². The molecule has 0 bridgehead atoms. The number of sulfone groups is 1. The van der Waals surface area contributed by atoms with Gasteiger partial charge in [-0.1, -0.05) is 31.9 Å². The van der Waals surface area contributed by atoms with Gasteiger partial charge in [-0.3, -0.25) is 0 Å². The van der Waals surface area contributed by atoms with E-state index in [2.05, 4.69) is 42.2 Å². The highest BCUT2D eigenvalue weighted by Gasteiger charge is 2.28. The summed E-state index contributed by atoms with van der Waals surface area (Å²) in [5.41, 5.74) is 0.694. The zero-order valence-electron chi connectivity index (χ0n) is 13.2. The normalized spacial score (nSPS) is 11.5. The van der Waals surface area contributed by atoms with Gasteiger partial charge >= 0.3 is 0 Å². The molecular formula is C17H14Br2N2O3S. The van der Waals surface area contributed by atoms with E-state index in [0.717, 1.165) is 8.95 Å². The summed E-state index contributed by atoms with van der Waals surface area (Å²) >= 11 is 6.67. The van der Waals surface area contributed by atoms with Crippen molar-refractivity contribution in [2.75, 3.05) is 11.9 Å². The van der Waals surface area contributed by atoms with Crippen LogP contribution in [0.4, 0.5) is 5.88 Å². The molecule has 1 N–H and O–H groups in total. The molecule has 0 amide bonds. The Labute approximate surface area is 162 Å². The molecule has 25 heavy (non-hydrogen) atoms. The number of nitrogens with one attached hydrogen (secondary N) is 1. The molecule has 0 radical (unpaired) electrons. The van der Waals surface area contributed by atoms with Crippen molar-refractivity contribution in [3.8, 4) is 11.5 Å². The molecule has 0 aliphatic heterocycles. The molecule has 1 aromatic heterocycles. The van der Waals surface area contributed by atoms with Crippen LogP contribution in [0.25, 0.3) is 11.5 Å². The summed E-state index contributed by atoms with van der Waals surface area (Å²) in [6.45, 7) is 2.37. The number of halogens is 2. The van der Waals surface area contributed by atoms with Gasteiger partial charge in [-0.2, -0.15) is 4.98 Å². The molecule has 0 fully saturated rings. The van der Waals surface area contributed by atoms with Crippen LogP contribution in [0.15, 0.2) is 71.8 Å². The fourth-order valence-electron chi connectivity index (χ4n) is 2.20. The quantitative estimate of drug-likeness (QED) is 0.542. The maximum atomic E-state index is 13.0. The highest BCUT2D eigenvalue weighted by molar-refractivity contribution is 9.10. The zero-order valence-corrected chi connectivity index (χ0v) is 17.2. The van der Waals surface area contributed by atoms with Crippen molar-refractivity contribution in [1.82, 2.24) is 4.98 Å². The Hall–Kier alpha value is -1.64. The second kappa shape index (κ2) is 7.31. The lowest BCUT2D eigenvalue weighted by atomic mass is 10.2. The topological polar surface area (TPSA) is 72.2 Å². The predicted octanol–water partition coefficient (Wildman–Crippen LogP) is 5.13. The van der Waals surface area contributed by atoms with Gasteiger partial charge < -0.3 is 9.73 Å². The number of hydrogen-bond acceptors (Lipinski definition) is 5. The lowest BCUT2D eigenvalue weighted by molar-refractivity contribution is 0.578. The lowest BCUT2D eigenvalue weighted by Crippen LogP contribution is -2.07. The number of benzene rings is 2. The molecule has 3 rings (SSSR count). The average Bonchev–Trinajstić information content (AvgIpc) is 3.01. The summed E-state index contributed by atoms with van der Waals surface area (Å²) in [6, 6.07) is 13.7. The van der Waals surface area contributed by atoms with Gasteiger partial charge in [-0.25, -0.2) is 8.42 Å². The molecule has 5 nitrogen and oxygen atoms in total. The van der Waals surface area contributed by atoms with Gasteiger partial charge in [0.25, 0.3) is 0 Å². The Morgan fingerprint density at radius 1 is 1.00 bits per heavy atom. The van der Waals surface area contributed by atoms with Crippen molar-refractivity contribution < 1.29 is 12.8 Å². The van der Waals surface area contributed by atoms with Crippen LogP contribution in [-0.2, 0) is 9.84 Å². The van der Waals surface area contributed by atoms with Crippen molar-refractivity contribution in [1.29, 1.82) is 0 Å². The van der Waals surface area contributed by atoms with Crippen LogP contribution in [0, 0.1) is 0 Å². The second-order valence-corrected chi connectivity index (χ2v) is 8.84. The first-order valence-electron chi connectivity index (χ1n) is 7.43. The van der Waals surface area contributed by atoms with Crippen LogP contribution < -0.4 is 5.32 Å². The molecule has 8 heteroatoms. The van der Waals surface area contributed by atoms with E-state index >= 15 is 0 Å². The summed E-state index contributed by atoms with van der Waals surface area (Å²) in [5.74, 6) is 0.391. The fourth-order valence-corrected chi connectivity index (χ4v) is 4.01. The number of oxazole rings is 1. The summed E-state index contributed by atoms with van der Waals surface area (Å²) in [7, 11) is -3.80. The second-order valence-electron chi connectivity index (χ2n) is 5.15. The van der Waals surface area contributed by atoms with Crippen LogP contribution in [-0.4, -0.2) is 19.9 Å². The molecule has 130 valence electrons. The van der Waals surface area contributed by atoms with Gasteiger partial charge in [-0.05, 0) is 55.5 Å². The minimum Gasteiger partial charge on any atom is -0.419 e. The summed E-state index contributed by atoms with van der Waals surface area (Å²) in [6.07, 6.45) is 0. The third-order valence-electron chi connectivity index (χ3n) is 3.40. The maximum absolute atomic E-state index is 13.0. The first-order chi connectivity index (χ1) is 11.9. The van der Waals surface area contributed by atoms with Crippen molar-refractivity contribution >= 4 is 47.6 Å². The van der Waals surface area contributed by atoms with Crippen molar-refractivity contribution in [3.63, 3.8) is 0 Å². The number of rotatable bonds is 5. The van der Waals surface area contributed by atoms with Crippen LogP contribution >= 0.6 is 31.9 Å². The average molecular weight is 486 g/mol. The van der Waals surface area contributed by atoms with E-state index in [0.29, 0.717) is 12.1 Å². The Morgan fingerprint density at radius 2 is 1.56 bits per heavy atom. The Morgan fingerprint density at radius 3 is 2.12 bits per heavy atom. The summed E-state index contributed by atoms with van der Waals surface area (Å²) in [4.78, 5) is 4.41. The third kappa shape index (κ3) is 3.80. The van der Waals surface area contributed by atoms with Crippen LogP contribution in [0.1, 0.15) is 6.92 Å². The van der Waals surface area contributed by atoms with Crippen LogP contribution in [0.3, 0.4) is 0 Å². The Bertz CT molecular complexity index is 982. The molecule has 0 aliphatic rings. The van der Waals surface area contributed by atoms with E-state index in [1.165, 1.54) is 12.1 Å². The van der Waals surface area contributed by atoms with E-state index in [4.69, 9.17) is 4.42 Å². The SMILES string of the molecule is CCNc1oc(-c2ccc(Br)cc2)nc1S(=O)(=O)c1ccc(Br)cc1. The molecule has 0 saturated heterocycles. The van der Waals surface area contributed by atoms with Gasteiger partial charge in [-0.15, -0.1) is 0 Å². The van der Waals surface area contributed by atoms with Crippen LogP contribution in [0.5, 0.6) is 0 Å². The van der Waals surface area contributed by atoms with Crippen molar-refractivity contribution in [2.45, 2.75) is 16.8 Å². The molecule has 2 aromatic carbocycles. The largest absolute Gasteiger partial charge is 0.419 e. The van der Waals surface area contributed by atoms with Gasteiger partial charge in [0.1, 0.15) is 0 Å². The minimum atomic E-state index is -3.80. The van der Waals surface area contributed by atoms with E-state index in [1.54, 1.807) is 12.1 Å². The van der Waals surface area contributed by atoms with E-state index in [9.17, 15) is 8.42 Å². The monoisotopic (exact) mass is 484 g/mol. The molecule has 0 saturated carbocycles. The van der Waals surface area contributed by atoms with E-state index < -0.39 is 9.84 Å². The minimum absolute atomic E-state index is 0.116. The summed E-state index contributed by atoms with van der Waals surface area (Å²) in [5, 5.41) is 2.82. The predicted molar refractivity (Wildman–Crippen MR) is 103 cm³/mol. The highest BCUT2D eigenvalue weighted by atomic mass is 79.9. The third-order valence-corrected chi connectivity index (χ3v) is 6.14. The molecule has 3 aromatic rings. The maximum Gasteiger partial charge on any atom is 0.233 e. The smallest absolute Gasteiger partial charge is 0.233 e. The standard InChI is InChI=1S/C17H14Br2N2O3S/c1-2-20-16-17(25(22,23)14-9-7-13(19)8-10-14)21-15(24-16)11-3-5-12(18)6-4-11/h3-10,20H,2H2,1H3. The first-order valence-corrected chi connectivity index (χ1v) is 10.5. The number of anilines is 1. The Kier molecular flexibility index (Phi) is 5.31. The van der Waals surface area contributed by atoms with E-state index in [-0.39, 0.29) is 21.7 Å². The van der Waals surface area contributed by atoms with Crippen LogP contribution in [0.2, 0.25) is 0 Å². The molecule has 0 unspecified atom stereocenters. The van der Waals surface area contributed by atoms with Crippen molar-refractivity contribution in [2.24, 2.45) is 0 Å². The molecule has 0 atom stereocenters. The molecule has 1 heterocycles. The van der Waals surface area contributed by atoms with Gasteiger partial charge in [0.15, 0.2) is 0 Å². The highest BCUT2D eigenvalue weighted by Crippen LogP contribution is 2.33. The number of nitrogens with zero attached hydrogens (tertiary/aromatic N) is 1. The molecule has 0 spiro atoms. The molecular weight excluding hydrogens is 472 g/mol. The number of hydrogen-bond donors (Lipinski definition) is 1. The Balaban J connectivity index is 2.11. The fraction of sp³-hybridized carbons (Fsp3) is 0.118. The van der Waals surface area contributed by atoms with E-state index in [1.807, 2.05) is 31.2 Å². The lowest BCUT2D eigenvalue weighted by Gasteiger charge is -2.04. The molecule has 0 aliphatic carbocycles. The van der Waals surface area contributed by atoms with Gasteiger partial charge in [0.2, 0.25) is 26.6 Å². The first kappa shape index (κ1) is 18.2. The van der Waals surface area contributed by atoms with Crippen molar-refractivity contribution in [3.05, 3.63) is 57.5 Å². The van der Waals surface area contributed by atoms with Gasteiger partial charge in [0, 0.05) is 21.1 Å². The number of aromatic nitrogens is 1. The zero-order chi connectivity index (χ0) is 18.0. The summed E-state index contributed by atoms with van der Waals surface area (Å²) < 4.78 is 33.3.